The lowest BCUT2D eigenvalue weighted by Gasteiger charge is -2.35. The second kappa shape index (κ2) is 11.8. The number of nitrogens with one attached hydrogen (secondary N) is 1. The Hall–Kier alpha value is -3.95. The quantitative estimate of drug-likeness (QED) is 0.403. The van der Waals surface area contributed by atoms with Gasteiger partial charge in [-0.2, -0.15) is 0 Å². The van der Waals surface area contributed by atoms with Gasteiger partial charge in [-0.25, -0.2) is 0 Å². The highest BCUT2D eigenvalue weighted by molar-refractivity contribution is 6.25. The molecule has 9 nitrogen and oxygen atoms in total. The maximum absolute atomic E-state index is 13.1. The number of rotatable bonds is 10. The van der Waals surface area contributed by atoms with Crippen LogP contribution in [-0.4, -0.2) is 99.0 Å². The molecule has 2 heterocycles. The highest BCUT2D eigenvalue weighted by Gasteiger charge is 2.33. The number of piperazine rings is 1. The Kier molecular flexibility index (Phi) is 8.09. The first-order valence-electron chi connectivity index (χ1n) is 13.3. The Morgan fingerprint density at radius 2 is 1.46 bits per heavy atom. The predicted molar refractivity (Wildman–Crippen MR) is 148 cm³/mol. The largest absolute Gasteiger partial charge is 0.493 e. The molecule has 2 aliphatic heterocycles. The second-order valence-corrected chi connectivity index (χ2v) is 9.88. The van der Waals surface area contributed by atoms with Gasteiger partial charge in [-0.1, -0.05) is 30.3 Å². The Balaban J connectivity index is 1.05. The molecule has 3 aromatic carbocycles. The molecule has 0 atom stereocenters. The van der Waals surface area contributed by atoms with E-state index in [-0.39, 0.29) is 17.7 Å². The van der Waals surface area contributed by atoms with Crippen molar-refractivity contribution in [1.29, 1.82) is 0 Å². The first-order valence-corrected chi connectivity index (χ1v) is 13.3. The molecule has 0 aliphatic carbocycles. The summed E-state index contributed by atoms with van der Waals surface area (Å²) in [5.41, 5.74) is 2.24. The van der Waals surface area contributed by atoms with Crippen molar-refractivity contribution >= 4 is 28.5 Å². The van der Waals surface area contributed by atoms with Crippen molar-refractivity contribution in [3.8, 4) is 11.5 Å². The molecule has 9 heteroatoms. The molecule has 3 aromatic rings. The molecular weight excluding hydrogens is 496 g/mol. The molecule has 0 unspecified atom stereocenters. The number of amides is 3. The minimum absolute atomic E-state index is 0.00118. The van der Waals surface area contributed by atoms with E-state index in [1.807, 2.05) is 42.5 Å². The number of carbonyl (C=O) groups is 3. The maximum Gasteiger partial charge on any atom is 0.261 e. The van der Waals surface area contributed by atoms with Crippen molar-refractivity contribution in [3.63, 3.8) is 0 Å². The van der Waals surface area contributed by atoms with Crippen molar-refractivity contribution in [2.45, 2.75) is 6.42 Å². The third-order valence-electron chi connectivity index (χ3n) is 7.51. The molecule has 39 heavy (non-hydrogen) atoms. The van der Waals surface area contributed by atoms with E-state index in [1.165, 1.54) is 4.90 Å². The SMILES string of the molecule is COc1ccc(CCNC(=O)CN2CCN(CCN3C(=O)c4cccc5cccc(c45)C3=O)CC2)cc1OC. The summed E-state index contributed by atoms with van der Waals surface area (Å²) in [7, 11) is 3.21. The van der Waals surface area contributed by atoms with Crippen molar-refractivity contribution < 1.29 is 23.9 Å². The lowest BCUT2D eigenvalue weighted by atomic mass is 9.94. The fourth-order valence-corrected chi connectivity index (χ4v) is 5.34. The minimum Gasteiger partial charge on any atom is -0.493 e. The van der Waals surface area contributed by atoms with Crippen LogP contribution in [0.1, 0.15) is 26.3 Å². The Bertz CT molecular complexity index is 1330. The van der Waals surface area contributed by atoms with E-state index in [0.29, 0.717) is 55.2 Å². The number of hydrogen-bond donors (Lipinski definition) is 1. The smallest absolute Gasteiger partial charge is 0.261 e. The molecule has 0 saturated carbocycles. The fraction of sp³-hybridized carbons (Fsp3) is 0.367. The number of imide groups is 1. The summed E-state index contributed by atoms with van der Waals surface area (Å²) in [6.45, 7) is 4.93. The van der Waals surface area contributed by atoms with Crippen LogP contribution >= 0.6 is 0 Å². The van der Waals surface area contributed by atoms with Gasteiger partial charge >= 0.3 is 0 Å². The standard InChI is InChI=1S/C30H34N4O5/c1-38-25-10-9-21(19-26(25)39-2)11-12-31-27(35)20-33-15-13-32(14-16-33)17-18-34-29(36)23-7-3-5-22-6-4-8-24(28(22)23)30(34)37/h3-10,19H,11-18,20H2,1-2H3,(H,31,35). The molecule has 2 aliphatic rings. The molecule has 3 amide bonds. The molecule has 1 N–H and O–H groups in total. The van der Waals surface area contributed by atoms with Crippen LogP contribution in [0, 0.1) is 0 Å². The van der Waals surface area contributed by atoms with Crippen LogP contribution in [-0.2, 0) is 11.2 Å². The maximum atomic E-state index is 13.1. The van der Waals surface area contributed by atoms with E-state index in [2.05, 4.69) is 15.1 Å². The number of carbonyl (C=O) groups excluding carboxylic acids is 3. The van der Waals surface area contributed by atoms with E-state index in [0.717, 1.165) is 42.5 Å². The van der Waals surface area contributed by atoms with E-state index in [1.54, 1.807) is 26.4 Å². The third kappa shape index (κ3) is 5.74. The topological polar surface area (TPSA) is 91.4 Å². The average Bonchev–Trinajstić information content (AvgIpc) is 2.96. The van der Waals surface area contributed by atoms with Crippen molar-refractivity contribution in [1.82, 2.24) is 20.0 Å². The molecule has 1 fully saturated rings. The van der Waals surface area contributed by atoms with Gasteiger partial charge in [0.25, 0.3) is 11.8 Å². The van der Waals surface area contributed by atoms with Crippen molar-refractivity contribution in [3.05, 3.63) is 71.3 Å². The normalized spacial score (nSPS) is 16.0. The number of methoxy groups -OCH3 is 2. The van der Waals surface area contributed by atoms with Crippen LogP contribution in [0.2, 0.25) is 0 Å². The molecule has 0 radical (unpaired) electrons. The van der Waals surface area contributed by atoms with Crippen LogP contribution in [0.25, 0.3) is 10.8 Å². The van der Waals surface area contributed by atoms with Crippen molar-refractivity contribution in [2.24, 2.45) is 0 Å². The highest BCUT2D eigenvalue weighted by Crippen LogP contribution is 2.30. The summed E-state index contributed by atoms with van der Waals surface area (Å²) in [6.07, 6.45) is 0.701. The molecule has 0 aromatic heterocycles. The number of hydrogen-bond acceptors (Lipinski definition) is 7. The van der Waals surface area contributed by atoms with Gasteiger partial charge in [0.05, 0.1) is 20.8 Å². The van der Waals surface area contributed by atoms with Gasteiger partial charge in [-0.3, -0.25) is 29.1 Å². The van der Waals surface area contributed by atoms with Gasteiger partial charge in [-0.15, -0.1) is 0 Å². The lowest BCUT2D eigenvalue weighted by Crippen LogP contribution is -2.52. The fourth-order valence-electron chi connectivity index (χ4n) is 5.34. The molecule has 0 bridgehead atoms. The zero-order chi connectivity index (χ0) is 27.4. The van der Waals surface area contributed by atoms with E-state index < -0.39 is 0 Å². The highest BCUT2D eigenvalue weighted by atomic mass is 16.5. The van der Waals surface area contributed by atoms with Crippen molar-refractivity contribution in [2.75, 3.05) is 66.6 Å². The van der Waals surface area contributed by atoms with Gasteiger partial charge in [0, 0.05) is 62.3 Å². The molecule has 0 spiro atoms. The first-order chi connectivity index (χ1) is 19.0. The van der Waals surface area contributed by atoms with E-state index in [9.17, 15) is 14.4 Å². The zero-order valence-electron chi connectivity index (χ0n) is 22.4. The Morgan fingerprint density at radius 1 is 0.821 bits per heavy atom. The van der Waals surface area contributed by atoms with Gasteiger partial charge in [-0.05, 0) is 41.6 Å². The molecular formula is C30H34N4O5. The summed E-state index contributed by atoms with van der Waals surface area (Å²) >= 11 is 0. The Morgan fingerprint density at radius 3 is 2.10 bits per heavy atom. The molecule has 204 valence electrons. The van der Waals surface area contributed by atoms with Gasteiger partial charge in [0.15, 0.2) is 11.5 Å². The average molecular weight is 531 g/mol. The number of benzene rings is 3. The second-order valence-electron chi connectivity index (χ2n) is 9.88. The van der Waals surface area contributed by atoms with Gasteiger partial charge in [0.1, 0.15) is 0 Å². The summed E-state index contributed by atoms with van der Waals surface area (Å²) < 4.78 is 10.6. The van der Waals surface area contributed by atoms with Crippen LogP contribution in [0.15, 0.2) is 54.6 Å². The zero-order valence-corrected chi connectivity index (χ0v) is 22.4. The van der Waals surface area contributed by atoms with E-state index >= 15 is 0 Å². The summed E-state index contributed by atoms with van der Waals surface area (Å²) in [6, 6.07) is 16.9. The van der Waals surface area contributed by atoms with E-state index in [4.69, 9.17) is 9.47 Å². The summed E-state index contributed by atoms with van der Waals surface area (Å²) in [4.78, 5) is 44.5. The predicted octanol–water partition coefficient (Wildman–Crippen LogP) is 2.43. The lowest BCUT2D eigenvalue weighted by molar-refractivity contribution is -0.122. The summed E-state index contributed by atoms with van der Waals surface area (Å²) in [5.74, 6) is 0.901. The Labute approximate surface area is 228 Å². The monoisotopic (exact) mass is 530 g/mol. The van der Waals surface area contributed by atoms with Crippen LogP contribution in [0.4, 0.5) is 0 Å². The van der Waals surface area contributed by atoms with Gasteiger partial charge < -0.3 is 14.8 Å². The summed E-state index contributed by atoms with van der Waals surface area (Å²) in [5, 5.41) is 4.66. The van der Waals surface area contributed by atoms with Crippen LogP contribution < -0.4 is 14.8 Å². The van der Waals surface area contributed by atoms with Gasteiger partial charge in [0.2, 0.25) is 5.91 Å². The molecule has 1 saturated heterocycles. The first kappa shape index (κ1) is 26.6. The number of nitrogens with zero attached hydrogens (tertiary/aromatic N) is 3. The minimum atomic E-state index is -0.229. The third-order valence-corrected chi connectivity index (χ3v) is 7.51. The van der Waals surface area contributed by atoms with Crippen LogP contribution in [0.5, 0.6) is 11.5 Å². The molecule has 5 rings (SSSR count). The van der Waals surface area contributed by atoms with Crippen LogP contribution in [0.3, 0.4) is 0 Å². The number of ether oxygens (including phenoxy) is 2.